The Labute approximate surface area is 109 Å². The van der Waals surface area contributed by atoms with Crippen LogP contribution >= 0.6 is 0 Å². The van der Waals surface area contributed by atoms with Gasteiger partial charge in [-0.2, -0.15) is 0 Å². The second-order valence-corrected chi connectivity index (χ2v) is 4.90. The van der Waals surface area contributed by atoms with Gasteiger partial charge in [0, 0.05) is 12.6 Å². The van der Waals surface area contributed by atoms with Gasteiger partial charge in [0.05, 0.1) is 7.11 Å². The quantitative estimate of drug-likeness (QED) is 0.789. The molecule has 0 bridgehead atoms. The van der Waals surface area contributed by atoms with E-state index in [1.807, 2.05) is 14.1 Å². The number of methoxy groups -OCH3 is 1. The maximum atomic E-state index is 5.76. The fourth-order valence-corrected chi connectivity index (χ4v) is 1.68. The van der Waals surface area contributed by atoms with E-state index < -0.39 is 0 Å². The monoisotopic (exact) mass is 253 g/mol. The number of likely N-dealkylation sites (N-methyl/N-ethyl adjacent to an activating group) is 1. The molecule has 0 saturated carbocycles. The van der Waals surface area contributed by atoms with E-state index in [0.717, 1.165) is 6.54 Å². The van der Waals surface area contributed by atoms with Gasteiger partial charge in [-0.15, -0.1) is 0 Å². The van der Waals surface area contributed by atoms with Crippen molar-refractivity contribution in [1.29, 1.82) is 0 Å². The van der Waals surface area contributed by atoms with Crippen molar-refractivity contribution >= 4 is 11.6 Å². The Hall–Kier alpha value is -1.56. The number of hydrogen-bond acceptors (Lipinski definition) is 6. The van der Waals surface area contributed by atoms with Crippen LogP contribution in [0.4, 0.5) is 11.6 Å². The highest BCUT2D eigenvalue weighted by molar-refractivity contribution is 5.61. The lowest BCUT2D eigenvalue weighted by Gasteiger charge is -2.26. The molecule has 0 fully saturated rings. The first-order valence-corrected chi connectivity index (χ1v) is 6.01. The Balaban J connectivity index is 2.90. The number of rotatable bonds is 6. The number of aromatic nitrogens is 2. The lowest BCUT2D eigenvalue weighted by atomic mass is 10.0. The largest absolute Gasteiger partial charge is 0.490 e. The fourth-order valence-electron chi connectivity index (χ4n) is 1.68. The van der Waals surface area contributed by atoms with Crippen LogP contribution < -0.4 is 15.8 Å². The molecule has 6 heteroatoms. The minimum Gasteiger partial charge on any atom is -0.490 e. The minimum absolute atomic E-state index is 0.267. The number of nitrogen functional groups attached to an aromatic ring is 1. The highest BCUT2D eigenvalue weighted by Crippen LogP contribution is 2.27. The Morgan fingerprint density at radius 3 is 2.56 bits per heavy atom. The van der Waals surface area contributed by atoms with Crippen molar-refractivity contribution in [3.8, 4) is 5.75 Å². The molecule has 102 valence electrons. The molecular formula is C12H23N5O. The van der Waals surface area contributed by atoms with Crippen LogP contribution in [-0.4, -0.2) is 48.7 Å². The molecule has 0 aliphatic heterocycles. The summed E-state index contributed by atoms with van der Waals surface area (Å²) in [4.78, 5) is 10.2. The van der Waals surface area contributed by atoms with Crippen molar-refractivity contribution in [2.24, 2.45) is 5.92 Å². The molecule has 0 aliphatic rings. The summed E-state index contributed by atoms with van der Waals surface area (Å²) in [5.41, 5.74) is 5.76. The lowest BCUT2D eigenvalue weighted by molar-refractivity contribution is 0.342. The molecule has 1 heterocycles. The second kappa shape index (κ2) is 6.39. The van der Waals surface area contributed by atoms with Gasteiger partial charge < -0.3 is 20.7 Å². The zero-order chi connectivity index (χ0) is 13.7. The fraction of sp³-hybridized carbons (Fsp3) is 0.667. The van der Waals surface area contributed by atoms with Crippen molar-refractivity contribution in [2.45, 2.75) is 19.9 Å². The number of nitrogens with two attached hydrogens (primary N) is 1. The summed E-state index contributed by atoms with van der Waals surface area (Å²) in [6.45, 7) is 5.24. The zero-order valence-corrected chi connectivity index (χ0v) is 11.8. The molecule has 0 amide bonds. The summed E-state index contributed by atoms with van der Waals surface area (Å²) >= 11 is 0. The SMILES string of the molecule is COc1c(N)ncnc1NC(CN(C)C)C(C)C. The van der Waals surface area contributed by atoms with Crippen LogP contribution in [0.5, 0.6) is 5.75 Å². The summed E-state index contributed by atoms with van der Waals surface area (Å²) in [6.07, 6.45) is 1.44. The molecule has 1 atom stereocenters. The summed E-state index contributed by atoms with van der Waals surface area (Å²) in [7, 11) is 5.65. The molecule has 3 N–H and O–H groups in total. The van der Waals surface area contributed by atoms with Crippen LogP contribution in [0.1, 0.15) is 13.8 Å². The topological polar surface area (TPSA) is 76.3 Å². The number of nitrogens with one attached hydrogen (secondary N) is 1. The number of hydrogen-bond donors (Lipinski definition) is 2. The van der Waals surface area contributed by atoms with Crippen LogP contribution in [0.3, 0.4) is 0 Å². The third-order valence-corrected chi connectivity index (χ3v) is 2.72. The molecule has 1 unspecified atom stereocenters. The highest BCUT2D eigenvalue weighted by atomic mass is 16.5. The number of nitrogens with zero attached hydrogens (tertiary/aromatic N) is 3. The van der Waals surface area contributed by atoms with Crippen molar-refractivity contribution in [1.82, 2.24) is 14.9 Å². The highest BCUT2D eigenvalue weighted by Gasteiger charge is 2.18. The lowest BCUT2D eigenvalue weighted by Crippen LogP contribution is -2.36. The number of anilines is 2. The van der Waals surface area contributed by atoms with Gasteiger partial charge in [-0.1, -0.05) is 13.8 Å². The van der Waals surface area contributed by atoms with Crippen LogP contribution in [0.2, 0.25) is 0 Å². The normalized spacial score (nSPS) is 12.8. The third-order valence-electron chi connectivity index (χ3n) is 2.72. The van der Waals surface area contributed by atoms with E-state index in [1.165, 1.54) is 6.33 Å². The first kappa shape index (κ1) is 14.5. The average molecular weight is 253 g/mol. The first-order valence-electron chi connectivity index (χ1n) is 6.01. The molecule has 0 spiro atoms. The molecule has 6 nitrogen and oxygen atoms in total. The maximum absolute atomic E-state index is 5.76. The van der Waals surface area contributed by atoms with Gasteiger partial charge in [0.25, 0.3) is 0 Å². The van der Waals surface area contributed by atoms with Crippen molar-refractivity contribution in [2.75, 3.05) is 38.8 Å². The van der Waals surface area contributed by atoms with Gasteiger partial charge in [-0.3, -0.25) is 0 Å². The molecule has 0 radical (unpaired) electrons. The molecule has 1 rings (SSSR count). The Bertz CT molecular complexity index is 381. The van der Waals surface area contributed by atoms with Gasteiger partial charge in [0.15, 0.2) is 11.6 Å². The van der Waals surface area contributed by atoms with Gasteiger partial charge in [0.1, 0.15) is 6.33 Å². The van der Waals surface area contributed by atoms with Gasteiger partial charge in [0.2, 0.25) is 5.75 Å². The van der Waals surface area contributed by atoms with E-state index in [9.17, 15) is 0 Å². The summed E-state index contributed by atoms with van der Waals surface area (Å²) in [5.74, 6) is 1.96. The predicted molar refractivity (Wildman–Crippen MR) is 73.8 cm³/mol. The van der Waals surface area contributed by atoms with E-state index in [2.05, 4.69) is 34.0 Å². The standard InChI is InChI=1S/C12H23N5O/c1-8(2)9(6-17(3)4)16-12-10(18-5)11(13)14-7-15-12/h7-9H,6H2,1-5H3,(H3,13,14,15,16). The Morgan fingerprint density at radius 1 is 1.39 bits per heavy atom. The molecule has 18 heavy (non-hydrogen) atoms. The minimum atomic E-state index is 0.267. The van der Waals surface area contributed by atoms with Crippen molar-refractivity contribution in [3.63, 3.8) is 0 Å². The third kappa shape index (κ3) is 3.73. The van der Waals surface area contributed by atoms with E-state index >= 15 is 0 Å². The maximum Gasteiger partial charge on any atom is 0.203 e. The van der Waals surface area contributed by atoms with Crippen molar-refractivity contribution < 1.29 is 4.74 Å². The van der Waals surface area contributed by atoms with E-state index in [-0.39, 0.29) is 6.04 Å². The first-order chi connectivity index (χ1) is 8.45. The zero-order valence-electron chi connectivity index (χ0n) is 11.8. The Kier molecular flexibility index (Phi) is 5.15. The molecule has 0 aliphatic carbocycles. The van der Waals surface area contributed by atoms with Crippen LogP contribution in [0.25, 0.3) is 0 Å². The molecule has 0 saturated heterocycles. The van der Waals surface area contributed by atoms with Gasteiger partial charge in [-0.05, 0) is 20.0 Å². The smallest absolute Gasteiger partial charge is 0.203 e. The molecule has 0 aromatic carbocycles. The molecule has 1 aromatic rings. The summed E-state index contributed by atoms with van der Waals surface area (Å²) < 4.78 is 5.24. The molecule has 1 aromatic heterocycles. The van der Waals surface area contributed by atoms with E-state index in [1.54, 1.807) is 7.11 Å². The number of ether oxygens (including phenoxy) is 1. The second-order valence-electron chi connectivity index (χ2n) is 4.90. The van der Waals surface area contributed by atoms with Crippen molar-refractivity contribution in [3.05, 3.63) is 6.33 Å². The van der Waals surface area contributed by atoms with Crippen LogP contribution in [0.15, 0.2) is 6.33 Å². The summed E-state index contributed by atoms with van der Waals surface area (Å²) in [6, 6.07) is 0.267. The van der Waals surface area contributed by atoms with E-state index in [0.29, 0.717) is 23.3 Å². The van der Waals surface area contributed by atoms with E-state index in [4.69, 9.17) is 10.5 Å². The van der Waals surface area contributed by atoms with Gasteiger partial charge in [-0.25, -0.2) is 9.97 Å². The van der Waals surface area contributed by atoms with Gasteiger partial charge >= 0.3 is 0 Å². The predicted octanol–water partition coefficient (Wildman–Crippen LogP) is 1.07. The van der Waals surface area contributed by atoms with Crippen LogP contribution in [0, 0.1) is 5.92 Å². The average Bonchev–Trinajstić information content (AvgIpc) is 2.27. The summed E-state index contributed by atoms with van der Waals surface area (Å²) in [5, 5.41) is 3.37. The van der Waals surface area contributed by atoms with Crippen LogP contribution in [-0.2, 0) is 0 Å². The molecular weight excluding hydrogens is 230 g/mol. The Morgan fingerprint density at radius 2 is 2.06 bits per heavy atom.